The van der Waals surface area contributed by atoms with Crippen LogP contribution in [0.15, 0.2) is 71.8 Å². The van der Waals surface area contributed by atoms with Gasteiger partial charge in [-0.15, -0.1) is 0 Å². The molecule has 34 heavy (non-hydrogen) atoms. The van der Waals surface area contributed by atoms with Crippen LogP contribution >= 0.6 is 12.2 Å². The van der Waals surface area contributed by atoms with Crippen molar-refractivity contribution in [2.45, 2.75) is 13.1 Å². The zero-order chi connectivity index (χ0) is 24.1. The molecule has 2 N–H and O–H groups in total. The first kappa shape index (κ1) is 23.2. The van der Waals surface area contributed by atoms with E-state index in [0.29, 0.717) is 39.9 Å². The van der Waals surface area contributed by atoms with Gasteiger partial charge < -0.3 is 24.7 Å². The van der Waals surface area contributed by atoms with Gasteiger partial charge in [0.2, 0.25) is 0 Å². The van der Waals surface area contributed by atoms with Crippen LogP contribution in [0.1, 0.15) is 11.1 Å². The van der Waals surface area contributed by atoms with Crippen LogP contribution in [-0.2, 0) is 13.1 Å². The second-order valence-electron chi connectivity index (χ2n) is 7.57. The van der Waals surface area contributed by atoms with E-state index in [2.05, 4.69) is 15.3 Å². The summed E-state index contributed by atoms with van der Waals surface area (Å²) in [5.74, 6) is 0.758. The summed E-state index contributed by atoms with van der Waals surface area (Å²) in [6, 6.07) is 15.0. The van der Waals surface area contributed by atoms with Crippen LogP contribution in [0, 0.1) is 5.82 Å². The number of H-pyrrole nitrogens is 1. The van der Waals surface area contributed by atoms with Gasteiger partial charge in [0, 0.05) is 41.6 Å². The monoisotopic (exact) mass is 478 g/mol. The third-order valence-electron chi connectivity index (χ3n) is 5.27. The number of hydrogen-bond donors (Lipinski definition) is 2. The molecule has 0 fully saturated rings. The van der Waals surface area contributed by atoms with E-state index in [9.17, 15) is 9.18 Å². The summed E-state index contributed by atoms with van der Waals surface area (Å²) < 4.78 is 24.0. The van der Waals surface area contributed by atoms with Crippen molar-refractivity contribution in [2.75, 3.05) is 19.5 Å². The van der Waals surface area contributed by atoms with E-state index < -0.39 is 0 Å². The average Bonchev–Trinajstić information content (AvgIpc) is 2.85. The van der Waals surface area contributed by atoms with E-state index in [1.807, 2.05) is 29.2 Å². The number of nitrogens with zero attached hydrogens (tertiary/aromatic N) is 2. The van der Waals surface area contributed by atoms with Crippen LogP contribution in [0.2, 0.25) is 0 Å². The molecule has 0 aliphatic carbocycles. The Morgan fingerprint density at radius 1 is 1.09 bits per heavy atom. The molecule has 0 radical (unpaired) electrons. The number of rotatable bonds is 7. The molecule has 4 rings (SSSR count). The van der Waals surface area contributed by atoms with Gasteiger partial charge in [-0.2, -0.15) is 0 Å². The van der Waals surface area contributed by atoms with E-state index in [4.69, 9.17) is 21.7 Å². The highest BCUT2D eigenvalue weighted by Crippen LogP contribution is 2.31. The molecule has 0 saturated carbocycles. The van der Waals surface area contributed by atoms with Gasteiger partial charge in [-0.1, -0.05) is 6.07 Å². The largest absolute Gasteiger partial charge is 0.493 e. The molecule has 0 aliphatic rings. The molecule has 0 bridgehead atoms. The maximum absolute atomic E-state index is 13.3. The molecule has 0 amide bonds. The lowest BCUT2D eigenvalue weighted by Crippen LogP contribution is -2.35. The van der Waals surface area contributed by atoms with E-state index in [-0.39, 0.29) is 17.9 Å². The number of benzene rings is 2. The molecule has 2 heterocycles. The molecular formula is C25H23FN4O3S. The molecule has 0 unspecified atom stereocenters. The molecule has 2 aromatic carbocycles. The standard InChI is InChI=1S/C25H23FN4O3S/c1-32-22-11-17-10-18(24(31)29-21(17)12-23(22)33-2)15-30(14-16-4-3-9-27-13-16)25(34)28-20-7-5-19(26)6-8-20/h3-13H,14-15H2,1-2H3,(H,28,34)(H,29,31). The van der Waals surface area contributed by atoms with Crippen molar-refractivity contribution >= 4 is 33.9 Å². The van der Waals surface area contributed by atoms with Gasteiger partial charge in [0.05, 0.1) is 26.3 Å². The lowest BCUT2D eigenvalue weighted by molar-refractivity contribution is 0.355. The van der Waals surface area contributed by atoms with Gasteiger partial charge in [-0.3, -0.25) is 9.78 Å². The quantitative estimate of drug-likeness (QED) is 0.379. The molecule has 2 aromatic heterocycles. The number of anilines is 1. The molecule has 0 spiro atoms. The van der Waals surface area contributed by atoms with Crippen LogP contribution in [-0.4, -0.2) is 34.2 Å². The zero-order valence-electron chi connectivity index (χ0n) is 18.7. The van der Waals surface area contributed by atoms with Crippen LogP contribution in [0.4, 0.5) is 10.1 Å². The minimum atomic E-state index is -0.335. The molecule has 0 atom stereocenters. The fourth-order valence-corrected chi connectivity index (χ4v) is 3.80. The summed E-state index contributed by atoms with van der Waals surface area (Å²) in [5, 5.41) is 4.31. The number of thiocarbonyl (C=S) groups is 1. The number of halogens is 1. The summed E-state index contributed by atoms with van der Waals surface area (Å²) in [6.07, 6.45) is 3.44. The zero-order valence-corrected chi connectivity index (χ0v) is 19.5. The molecule has 9 heteroatoms. The maximum Gasteiger partial charge on any atom is 0.253 e. The van der Waals surface area contributed by atoms with Crippen molar-refractivity contribution in [3.63, 3.8) is 0 Å². The van der Waals surface area contributed by atoms with Crippen LogP contribution < -0.4 is 20.3 Å². The smallest absolute Gasteiger partial charge is 0.253 e. The van der Waals surface area contributed by atoms with Gasteiger partial charge in [0.25, 0.3) is 5.56 Å². The Bertz CT molecular complexity index is 1360. The summed E-state index contributed by atoms with van der Waals surface area (Å²) in [6.45, 7) is 0.659. The number of ether oxygens (including phenoxy) is 2. The maximum atomic E-state index is 13.3. The Hall–Kier alpha value is -3.98. The summed E-state index contributed by atoms with van der Waals surface area (Å²) in [7, 11) is 3.10. The second-order valence-corrected chi connectivity index (χ2v) is 7.96. The third-order valence-corrected chi connectivity index (χ3v) is 5.63. The Balaban J connectivity index is 1.67. The minimum Gasteiger partial charge on any atom is -0.493 e. The molecular weight excluding hydrogens is 455 g/mol. The first-order valence-corrected chi connectivity index (χ1v) is 10.9. The number of aromatic amines is 1. The lowest BCUT2D eigenvalue weighted by atomic mass is 10.1. The molecule has 7 nitrogen and oxygen atoms in total. The van der Waals surface area contributed by atoms with Crippen LogP contribution in [0.25, 0.3) is 10.9 Å². The fourth-order valence-electron chi connectivity index (χ4n) is 3.55. The van der Waals surface area contributed by atoms with Crippen molar-refractivity contribution in [3.05, 3.63) is 94.3 Å². The Labute approximate surface area is 201 Å². The summed E-state index contributed by atoms with van der Waals surface area (Å²) in [5.41, 5.74) is 2.49. The SMILES string of the molecule is COc1cc2cc(CN(Cc3cccnc3)C(=S)Nc3ccc(F)cc3)c(=O)[nH]c2cc1OC. The van der Waals surface area contributed by atoms with Gasteiger partial charge in [0.1, 0.15) is 5.82 Å². The molecule has 174 valence electrons. The highest BCUT2D eigenvalue weighted by molar-refractivity contribution is 7.80. The summed E-state index contributed by atoms with van der Waals surface area (Å²) in [4.78, 5) is 21.9. The summed E-state index contributed by atoms with van der Waals surface area (Å²) >= 11 is 5.65. The predicted octanol–water partition coefficient (Wildman–Crippen LogP) is 4.48. The Morgan fingerprint density at radius 3 is 2.50 bits per heavy atom. The predicted molar refractivity (Wildman–Crippen MR) is 134 cm³/mol. The number of methoxy groups -OCH3 is 2. The molecule has 4 aromatic rings. The topological polar surface area (TPSA) is 79.5 Å². The number of fused-ring (bicyclic) bond motifs is 1. The number of hydrogen-bond acceptors (Lipinski definition) is 5. The Kier molecular flexibility index (Phi) is 7.03. The van der Waals surface area contributed by atoms with Gasteiger partial charge in [-0.05, 0) is 60.2 Å². The minimum absolute atomic E-state index is 0.236. The van der Waals surface area contributed by atoms with Crippen molar-refractivity contribution in [2.24, 2.45) is 0 Å². The fraction of sp³-hybridized carbons (Fsp3) is 0.160. The van der Waals surface area contributed by atoms with Gasteiger partial charge in [0.15, 0.2) is 16.6 Å². The molecule has 0 aliphatic heterocycles. The van der Waals surface area contributed by atoms with Gasteiger partial charge >= 0.3 is 0 Å². The van der Waals surface area contributed by atoms with E-state index in [0.717, 1.165) is 10.9 Å². The molecule has 0 saturated heterocycles. The first-order valence-electron chi connectivity index (χ1n) is 10.4. The number of nitrogens with one attached hydrogen (secondary N) is 2. The normalized spacial score (nSPS) is 10.7. The average molecular weight is 479 g/mol. The van der Waals surface area contributed by atoms with E-state index in [1.165, 1.54) is 12.1 Å². The van der Waals surface area contributed by atoms with E-state index in [1.54, 1.807) is 44.8 Å². The van der Waals surface area contributed by atoms with Crippen LogP contribution in [0.3, 0.4) is 0 Å². The first-order chi connectivity index (χ1) is 16.5. The Morgan fingerprint density at radius 2 is 1.82 bits per heavy atom. The van der Waals surface area contributed by atoms with E-state index >= 15 is 0 Å². The van der Waals surface area contributed by atoms with Crippen LogP contribution in [0.5, 0.6) is 11.5 Å². The lowest BCUT2D eigenvalue weighted by Gasteiger charge is -2.26. The van der Waals surface area contributed by atoms with Crippen molar-refractivity contribution < 1.29 is 13.9 Å². The highest BCUT2D eigenvalue weighted by Gasteiger charge is 2.16. The van der Waals surface area contributed by atoms with Crippen molar-refractivity contribution in [3.8, 4) is 11.5 Å². The number of pyridine rings is 2. The number of aromatic nitrogens is 2. The second kappa shape index (κ2) is 10.3. The van der Waals surface area contributed by atoms with Crippen molar-refractivity contribution in [1.29, 1.82) is 0 Å². The van der Waals surface area contributed by atoms with Crippen molar-refractivity contribution in [1.82, 2.24) is 14.9 Å². The van der Waals surface area contributed by atoms with Gasteiger partial charge in [-0.25, -0.2) is 4.39 Å². The third kappa shape index (κ3) is 5.32. The highest BCUT2D eigenvalue weighted by atomic mass is 32.1.